The standard InChI is InChI=1S/C13H17NO5S/c1-18-9-4-3-8-5-11(13(14)10(8)6-9)20(16,17)7-12(15)19-2/h3-4,6,11,13H,5,7,14H2,1-2H3. The normalized spacial score (nSPS) is 21.4. The van der Waals surface area contributed by atoms with Crippen molar-refractivity contribution in [3.63, 3.8) is 0 Å². The zero-order chi connectivity index (χ0) is 14.9. The van der Waals surface area contributed by atoms with Crippen LogP contribution in [0.1, 0.15) is 17.2 Å². The first kappa shape index (κ1) is 14.8. The van der Waals surface area contributed by atoms with E-state index in [4.69, 9.17) is 10.5 Å². The van der Waals surface area contributed by atoms with Gasteiger partial charge < -0.3 is 15.2 Å². The lowest BCUT2D eigenvalue weighted by Gasteiger charge is -2.16. The Morgan fingerprint density at radius 3 is 2.70 bits per heavy atom. The van der Waals surface area contributed by atoms with Crippen molar-refractivity contribution in [1.29, 1.82) is 0 Å². The Bertz CT molecular complexity index is 626. The molecule has 2 N–H and O–H groups in total. The van der Waals surface area contributed by atoms with Gasteiger partial charge in [0.2, 0.25) is 0 Å². The number of carbonyl (C=O) groups is 1. The van der Waals surface area contributed by atoms with Gasteiger partial charge in [0, 0.05) is 6.04 Å². The van der Waals surface area contributed by atoms with Crippen LogP contribution in [0.25, 0.3) is 0 Å². The van der Waals surface area contributed by atoms with E-state index >= 15 is 0 Å². The highest BCUT2D eigenvalue weighted by atomic mass is 32.2. The van der Waals surface area contributed by atoms with Crippen molar-refractivity contribution in [1.82, 2.24) is 0 Å². The fourth-order valence-electron chi connectivity index (χ4n) is 2.42. The molecule has 0 radical (unpaired) electrons. The predicted molar refractivity (Wildman–Crippen MR) is 73.2 cm³/mol. The van der Waals surface area contributed by atoms with Gasteiger partial charge in [0.15, 0.2) is 9.84 Å². The lowest BCUT2D eigenvalue weighted by Crippen LogP contribution is -2.35. The van der Waals surface area contributed by atoms with Crippen molar-refractivity contribution in [3.05, 3.63) is 29.3 Å². The Kier molecular flexibility index (Phi) is 4.01. The first-order valence-electron chi connectivity index (χ1n) is 6.10. The molecule has 0 spiro atoms. The molecule has 2 rings (SSSR count). The number of hydrogen-bond donors (Lipinski definition) is 1. The summed E-state index contributed by atoms with van der Waals surface area (Å²) >= 11 is 0. The lowest BCUT2D eigenvalue weighted by atomic mass is 10.1. The molecule has 20 heavy (non-hydrogen) atoms. The van der Waals surface area contributed by atoms with E-state index in [2.05, 4.69) is 4.74 Å². The molecule has 0 heterocycles. The largest absolute Gasteiger partial charge is 0.497 e. The van der Waals surface area contributed by atoms with Crippen molar-refractivity contribution in [3.8, 4) is 5.75 Å². The molecule has 1 aromatic rings. The molecule has 6 nitrogen and oxygen atoms in total. The Morgan fingerprint density at radius 1 is 1.40 bits per heavy atom. The second-order valence-electron chi connectivity index (χ2n) is 4.72. The third kappa shape index (κ3) is 2.64. The molecule has 0 fully saturated rings. The molecular weight excluding hydrogens is 282 g/mol. The topological polar surface area (TPSA) is 95.7 Å². The maximum absolute atomic E-state index is 12.2. The van der Waals surface area contributed by atoms with Crippen molar-refractivity contribution < 1.29 is 22.7 Å². The number of nitrogens with two attached hydrogens (primary N) is 1. The maximum atomic E-state index is 12.2. The minimum absolute atomic E-state index is 0.305. The molecule has 1 aromatic carbocycles. The monoisotopic (exact) mass is 299 g/mol. The third-order valence-corrected chi connectivity index (χ3v) is 5.56. The molecule has 0 saturated carbocycles. The summed E-state index contributed by atoms with van der Waals surface area (Å²) in [5.74, 6) is -0.788. The summed E-state index contributed by atoms with van der Waals surface area (Å²) in [5, 5.41) is -0.802. The van der Waals surface area contributed by atoms with Crippen LogP contribution in [0.4, 0.5) is 0 Å². The Labute approximate surface area is 117 Å². The average molecular weight is 299 g/mol. The number of hydrogen-bond acceptors (Lipinski definition) is 6. The van der Waals surface area contributed by atoms with Gasteiger partial charge in [0.05, 0.1) is 19.5 Å². The summed E-state index contributed by atoms with van der Waals surface area (Å²) < 4.78 is 34.0. The third-order valence-electron chi connectivity index (χ3n) is 3.54. The molecule has 7 heteroatoms. The van der Waals surface area contributed by atoms with Gasteiger partial charge in [-0.3, -0.25) is 4.79 Å². The van der Waals surface area contributed by atoms with Gasteiger partial charge in [-0.05, 0) is 29.7 Å². The van der Waals surface area contributed by atoms with Crippen LogP contribution in [0.15, 0.2) is 18.2 Å². The van der Waals surface area contributed by atoms with Gasteiger partial charge in [-0.2, -0.15) is 0 Å². The number of fused-ring (bicyclic) bond motifs is 1. The Balaban J connectivity index is 2.28. The summed E-state index contributed by atoms with van der Waals surface area (Å²) in [6.07, 6.45) is 0.305. The van der Waals surface area contributed by atoms with Gasteiger partial charge in [0.1, 0.15) is 11.5 Å². The molecular formula is C13H17NO5S. The summed E-state index contributed by atoms with van der Waals surface area (Å²) in [6.45, 7) is 0. The first-order chi connectivity index (χ1) is 9.39. The fraction of sp³-hybridized carbons (Fsp3) is 0.462. The van der Waals surface area contributed by atoms with Crippen LogP contribution in [0, 0.1) is 0 Å². The molecule has 0 aliphatic heterocycles. The number of methoxy groups -OCH3 is 2. The molecule has 0 aromatic heterocycles. The summed E-state index contributed by atoms with van der Waals surface area (Å²) in [6, 6.07) is 4.66. The summed E-state index contributed by atoms with van der Waals surface area (Å²) in [7, 11) is -0.954. The molecule has 1 aliphatic rings. The SMILES string of the molecule is COC(=O)CS(=O)(=O)C1Cc2ccc(OC)cc2C1N. The zero-order valence-electron chi connectivity index (χ0n) is 11.3. The minimum Gasteiger partial charge on any atom is -0.497 e. The Morgan fingerprint density at radius 2 is 2.10 bits per heavy atom. The van der Waals surface area contributed by atoms with E-state index in [-0.39, 0.29) is 0 Å². The highest BCUT2D eigenvalue weighted by Gasteiger charge is 2.40. The molecule has 0 bridgehead atoms. The van der Waals surface area contributed by atoms with Crippen LogP contribution < -0.4 is 10.5 Å². The molecule has 0 saturated heterocycles. The number of carbonyl (C=O) groups excluding carboxylic acids is 1. The van der Waals surface area contributed by atoms with Gasteiger partial charge in [-0.1, -0.05) is 6.07 Å². The van der Waals surface area contributed by atoms with Crippen LogP contribution in [0.3, 0.4) is 0 Å². The number of rotatable bonds is 4. The molecule has 110 valence electrons. The van der Waals surface area contributed by atoms with Gasteiger partial charge >= 0.3 is 5.97 Å². The van der Waals surface area contributed by atoms with E-state index in [1.807, 2.05) is 6.07 Å². The van der Waals surface area contributed by atoms with Gasteiger partial charge in [-0.25, -0.2) is 8.42 Å². The van der Waals surface area contributed by atoms with Crippen LogP contribution in [0.2, 0.25) is 0 Å². The minimum atomic E-state index is -3.65. The van der Waals surface area contributed by atoms with E-state index in [0.29, 0.717) is 12.2 Å². The summed E-state index contributed by atoms with van der Waals surface area (Å²) in [5.41, 5.74) is 7.66. The molecule has 2 unspecified atom stereocenters. The highest BCUT2D eigenvalue weighted by molar-refractivity contribution is 7.92. The van der Waals surface area contributed by atoms with Crippen molar-refractivity contribution >= 4 is 15.8 Å². The number of ether oxygens (including phenoxy) is 2. The first-order valence-corrected chi connectivity index (χ1v) is 7.81. The second kappa shape index (κ2) is 5.41. The van der Waals surface area contributed by atoms with Gasteiger partial charge in [0.25, 0.3) is 0 Å². The molecule has 2 atom stereocenters. The molecule has 1 aliphatic carbocycles. The van der Waals surface area contributed by atoms with Crippen LogP contribution in [-0.4, -0.2) is 39.6 Å². The van der Waals surface area contributed by atoms with Crippen molar-refractivity contribution in [2.45, 2.75) is 17.7 Å². The second-order valence-corrected chi connectivity index (χ2v) is 6.94. The molecule has 0 amide bonds. The van der Waals surface area contributed by atoms with Crippen LogP contribution in [-0.2, 0) is 25.8 Å². The number of sulfone groups is 1. The smallest absolute Gasteiger partial charge is 0.320 e. The number of benzene rings is 1. The van der Waals surface area contributed by atoms with E-state index in [0.717, 1.165) is 18.2 Å². The van der Waals surface area contributed by atoms with Gasteiger partial charge in [-0.15, -0.1) is 0 Å². The van der Waals surface area contributed by atoms with Crippen molar-refractivity contribution in [2.24, 2.45) is 5.73 Å². The van der Waals surface area contributed by atoms with E-state index in [9.17, 15) is 13.2 Å². The van der Waals surface area contributed by atoms with Crippen LogP contribution >= 0.6 is 0 Å². The fourth-order valence-corrected chi connectivity index (χ4v) is 4.11. The average Bonchev–Trinajstić information content (AvgIpc) is 2.76. The summed E-state index contributed by atoms with van der Waals surface area (Å²) in [4.78, 5) is 11.2. The van der Waals surface area contributed by atoms with E-state index in [1.54, 1.807) is 12.1 Å². The highest BCUT2D eigenvalue weighted by Crippen LogP contribution is 2.36. The Hall–Kier alpha value is -1.60. The van der Waals surface area contributed by atoms with Crippen LogP contribution in [0.5, 0.6) is 5.75 Å². The quantitative estimate of drug-likeness (QED) is 0.798. The van der Waals surface area contributed by atoms with E-state index < -0.39 is 32.9 Å². The van der Waals surface area contributed by atoms with E-state index in [1.165, 1.54) is 7.11 Å². The zero-order valence-corrected chi connectivity index (χ0v) is 12.1. The van der Waals surface area contributed by atoms with Crippen molar-refractivity contribution in [2.75, 3.05) is 20.0 Å². The lowest BCUT2D eigenvalue weighted by molar-refractivity contribution is -0.137. The number of esters is 1. The predicted octanol–water partition coefficient (Wildman–Crippen LogP) is 0.207. The maximum Gasteiger partial charge on any atom is 0.320 e.